The Morgan fingerprint density at radius 3 is 2.80 bits per heavy atom. The van der Waals surface area contributed by atoms with Crippen molar-refractivity contribution in [2.24, 2.45) is 0 Å². The Balaban J connectivity index is 1.43. The van der Waals surface area contributed by atoms with E-state index in [1.807, 2.05) is 18.2 Å². The number of benzene rings is 2. The monoisotopic (exact) mass is 337 g/mol. The van der Waals surface area contributed by atoms with Gasteiger partial charge in [-0.2, -0.15) is 0 Å². The largest absolute Gasteiger partial charge is 0.454 e. The summed E-state index contributed by atoms with van der Waals surface area (Å²) < 4.78 is 10.6. The lowest BCUT2D eigenvalue weighted by Gasteiger charge is -2.07. The van der Waals surface area contributed by atoms with Crippen LogP contribution >= 0.6 is 0 Å². The molecule has 0 bridgehead atoms. The fourth-order valence-electron chi connectivity index (χ4n) is 2.86. The summed E-state index contributed by atoms with van der Waals surface area (Å²) in [6.07, 6.45) is 5.22. The molecule has 1 aliphatic heterocycles. The molecule has 0 atom stereocenters. The van der Waals surface area contributed by atoms with E-state index in [1.165, 1.54) is 16.7 Å². The standard InChI is InChI=1S/C21H23NO3/c1-15-5-8-18(16(2)12-15)4-3-11-22-21(23)10-7-17-6-9-19-20(13-17)25-14-24-19/h5-10,12-13H,3-4,11,14H2,1-2H3,(H,22,23). The molecule has 1 N–H and O–H groups in total. The van der Waals surface area contributed by atoms with Gasteiger partial charge in [-0.3, -0.25) is 4.79 Å². The van der Waals surface area contributed by atoms with Crippen LogP contribution in [0.1, 0.15) is 28.7 Å². The minimum atomic E-state index is -0.0849. The van der Waals surface area contributed by atoms with Crippen molar-refractivity contribution in [3.63, 3.8) is 0 Å². The number of carbonyl (C=O) groups is 1. The molecule has 0 saturated carbocycles. The predicted molar refractivity (Wildman–Crippen MR) is 98.8 cm³/mol. The predicted octanol–water partition coefficient (Wildman–Crippen LogP) is 3.79. The number of rotatable bonds is 6. The van der Waals surface area contributed by atoms with Crippen molar-refractivity contribution < 1.29 is 14.3 Å². The lowest BCUT2D eigenvalue weighted by Crippen LogP contribution is -2.22. The van der Waals surface area contributed by atoms with Crippen LogP contribution in [0.25, 0.3) is 6.08 Å². The molecule has 3 rings (SSSR count). The van der Waals surface area contributed by atoms with Gasteiger partial charge in [-0.25, -0.2) is 0 Å². The van der Waals surface area contributed by atoms with Gasteiger partial charge in [-0.15, -0.1) is 0 Å². The molecule has 1 amide bonds. The van der Waals surface area contributed by atoms with Crippen molar-refractivity contribution in [2.75, 3.05) is 13.3 Å². The first-order chi connectivity index (χ1) is 12.1. The van der Waals surface area contributed by atoms with Gasteiger partial charge in [-0.05, 0) is 61.6 Å². The Hall–Kier alpha value is -2.75. The minimum Gasteiger partial charge on any atom is -0.454 e. The smallest absolute Gasteiger partial charge is 0.243 e. The summed E-state index contributed by atoms with van der Waals surface area (Å²) >= 11 is 0. The zero-order valence-corrected chi connectivity index (χ0v) is 14.7. The van der Waals surface area contributed by atoms with Gasteiger partial charge in [0.15, 0.2) is 11.5 Å². The SMILES string of the molecule is Cc1ccc(CCCNC(=O)C=Cc2ccc3c(c2)OCO3)c(C)c1. The summed E-state index contributed by atoms with van der Waals surface area (Å²) in [5.74, 6) is 1.38. The van der Waals surface area contributed by atoms with Crippen LogP contribution in [0.15, 0.2) is 42.5 Å². The number of aryl methyl sites for hydroxylation is 3. The lowest BCUT2D eigenvalue weighted by atomic mass is 10.0. The molecule has 1 aliphatic rings. The van der Waals surface area contributed by atoms with E-state index in [0.29, 0.717) is 6.54 Å². The van der Waals surface area contributed by atoms with E-state index in [-0.39, 0.29) is 12.7 Å². The second-order valence-corrected chi connectivity index (χ2v) is 6.27. The summed E-state index contributed by atoms with van der Waals surface area (Å²) in [6, 6.07) is 12.1. The molecular weight excluding hydrogens is 314 g/mol. The van der Waals surface area contributed by atoms with E-state index in [4.69, 9.17) is 9.47 Å². The van der Waals surface area contributed by atoms with E-state index < -0.39 is 0 Å². The molecule has 0 aromatic heterocycles. The third-order valence-corrected chi connectivity index (χ3v) is 4.24. The van der Waals surface area contributed by atoms with Crippen LogP contribution in [0.5, 0.6) is 11.5 Å². The van der Waals surface area contributed by atoms with Gasteiger partial charge in [0, 0.05) is 12.6 Å². The van der Waals surface area contributed by atoms with Crippen LogP contribution in [-0.4, -0.2) is 19.2 Å². The maximum Gasteiger partial charge on any atom is 0.243 e. The molecule has 0 saturated heterocycles. The Kier molecular flexibility index (Phi) is 5.39. The van der Waals surface area contributed by atoms with E-state index in [0.717, 1.165) is 29.9 Å². The van der Waals surface area contributed by atoms with Crippen LogP contribution in [0, 0.1) is 13.8 Å². The van der Waals surface area contributed by atoms with E-state index in [9.17, 15) is 4.79 Å². The summed E-state index contributed by atoms with van der Waals surface area (Å²) in [5.41, 5.74) is 4.85. The molecule has 0 unspecified atom stereocenters. The number of fused-ring (bicyclic) bond motifs is 1. The molecule has 0 radical (unpaired) electrons. The summed E-state index contributed by atoms with van der Waals surface area (Å²) in [5, 5.41) is 2.92. The van der Waals surface area contributed by atoms with Gasteiger partial charge in [-0.1, -0.05) is 29.8 Å². The summed E-state index contributed by atoms with van der Waals surface area (Å²) in [6.45, 7) is 5.15. The lowest BCUT2D eigenvalue weighted by molar-refractivity contribution is -0.116. The molecule has 2 aromatic carbocycles. The van der Waals surface area contributed by atoms with Crippen molar-refractivity contribution >= 4 is 12.0 Å². The highest BCUT2D eigenvalue weighted by atomic mass is 16.7. The first kappa shape index (κ1) is 17.1. The van der Waals surface area contributed by atoms with Crippen molar-refractivity contribution in [3.05, 3.63) is 64.7 Å². The third-order valence-electron chi connectivity index (χ3n) is 4.24. The molecule has 0 fully saturated rings. The van der Waals surface area contributed by atoms with E-state index in [1.54, 1.807) is 12.2 Å². The Morgan fingerprint density at radius 2 is 1.96 bits per heavy atom. The second-order valence-electron chi connectivity index (χ2n) is 6.27. The molecule has 0 spiro atoms. The highest BCUT2D eigenvalue weighted by Crippen LogP contribution is 2.32. The highest BCUT2D eigenvalue weighted by molar-refractivity contribution is 5.91. The number of nitrogens with one attached hydrogen (secondary N) is 1. The maximum atomic E-state index is 11.9. The number of carbonyl (C=O) groups excluding carboxylic acids is 1. The van der Waals surface area contributed by atoms with Crippen molar-refractivity contribution in [1.29, 1.82) is 0 Å². The van der Waals surface area contributed by atoms with Gasteiger partial charge >= 0.3 is 0 Å². The maximum absolute atomic E-state index is 11.9. The Morgan fingerprint density at radius 1 is 1.12 bits per heavy atom. The quantitative estimate of drug-likeness (QED) is 0.644. The topological polar surface area (TPSA) is 47.6 Å². The molecule has 0 aliphatic carbocycles. The Bertz CT molecular complexity index is 796. The normalized spacial score (nSPS) is 12.6. The second kappa shape index (κ2) is 7.88. The van der Waals surface area contributed by atoms with Crippen molar-refractivity contribution in [2.45, 2.75) is 26.7 Å². The number of hydrogen-bond donors (Lipinski definition) is 1. The van der Waals surface area contributed by atoms with Crippen LogP contribution in [-0.2, 0) is 11.2 Å². The van der Waals surface area contributed by atoms with Gasteiger partial charge < -0.3 is 14.8 Å². The molecule has 1 heterocycles. The average molecular weight is 337 g/mol. The first-order valence-corrected chi connectivity index (χ1v) is 8.53. The summed E-state index contributed by atoms with van der Waals surface area (Å²) in [7, 11) is 0. The fraction of sp³-hybridized carbons (Fsp3) is 0.286. The van der Waals surface area contributed by atoms with E-state index in [2.05, 4.69) is 37.4 Å². The van der Waals surface area contributed by atoms with Gasteiger partial charge in [0.05, 0.1) is 0 Å². The zero-order valence-electron chi connectivity index (χ0n) is 14.7. The molecule has 4 nitrogen and oxygen atoms in total. The van der Waals surface area contributed by atoms with Crippen LogP contribution in [0.4, 0.5) is 0 Å². The van der Waals surface area contributed by atoms with Crippen LogP contribution in [0.3, 0.4) is 0 Å². The molecular formula is C21H23NO3. The molecule has 4 heteroatoms. The number of amides is 1. The van der Waals surface area contributed by atoms with Gasteiger partial charge in [0.25, 0.3) is 0 Å². The third kappa shape index (κ3) is 4.63. The van der Waals surface area contributed by atoms with Gasteiger partial charge in [0.2, 0.25) is 12.7 Å². The summed E-state index contributed by atoms with van der Waals surface area (Å²) in [4.78, 5) is 11.9. The molecule has 25 heavy (non-hydrogen) atoms. The molecule has 130 valence electrons. The van der Waals surface area contributed by atoms with E-state index >= 15 is 0 Å². The Labute approximate surface area is 148 Å². The first-order valence-electron chi connectivity index (χ1n) is 8.53. The van der Waals surface area contributed by atoms with Gasteiger partial charge in [0.1, 0.15) is 0 Å². The average Bonchev–Trinajstić information content (AvgIpc) is 3.06. The van der Waals surface area contributed by atoms with Crippen LogP contribution < -0.4 is 14.8 Å². The molecule has 2 aromatic rings. The van der Waals surface area contributed by atoms with Crippen molar-refractivity contribution in [1.82, 2.24) is 5.32 Å². The zero-order chi connectivity index (χ0) is 17.6. The highest BCUT2D eigenvalue weighted by Gasteiger charge is 2.12. The van der Waals surface area contributed by atoms with Crippen molar-refractivity contribution in [3.8, 4) is 11.5 Å². The van der Waals surface area contributed by atoms with Crippen LogP contribution in [0.2, 0.25) is 0 Å². The fourth-order valence-corrected chi connectivity index (χ4v) is 2.86. The number of hydrogen-bond acceptors (Lipinski definition) is 3. The number of ether oxygens (including phenoxy) is 2. The minimum absolute atomic E-state index is 0.0849.